The van der Waals surface area contributed by atoms with Gasteiger partial charge in [0.2, 0.25) is 5.91 Å². The summed E-state index contributed by atoms with van der Waals surface area (Å²) in [6.07, 6.45) is 1.87. The molecule has 1 aliphatic heterocycles. The van der Waals surface area contributed by atoms with Gasteiger partial charge in [-0.3, -0.25) is 4.79 Å². The monoisotopic (exact) mass is 336 g/mol. The SMILES string of the molecule is CN(Cc1ccc(Br)o1)C(=O)C1CCNCC1.Cl. The predicted octanol–water partition coefficient (Wildman–Crippen LogP) is 2.42. The van der Waals surface area contributed by atoms with E-state index in [0.29, 0.717) is 11.2 Å². The van der Waals surface area contributed by atoms with Gasteiger partial charge in [0, 0.05) is 13.0 Å². The summed E-state index contributed by atoms with van der Waals surface area (Å²) in [6.45, 7) is 2.42. The quantitative estimate of drug-likeness (QED) is 0.921. The predicted molar refractivity (Wildman–Crippen MR) is 75.7 cm³/mol. The van der Waals surface area contributed by atoms with Crippen LogP contribution >= 0.6 is 28.3 Å². The third kappa shape index (κ3) is 4.00. The second-order valence-electron chi connectivity index (χ2n) is 4.42. The topological polar surface area (TPSA) is 45.5 Å². The molecule has 6 heteroatoms. The van der Waals surface area contributed by atoms with Gasteiger partial charge < -0.3 is 14.6 Å². The second-order valence-corrected chi connectivity index (χ2v) is 5.21. The van der Waals surface area contributed by atoms with Crippen LogP contribution in [0.15, 0.2) is 21.2 Å². The van der Waals surface area contributed by atoms with Gasteiger partial charge in [-0.2, -0.15) is 0 Å². The molecule has 1 amide bonds. The zero-order valence-corrected chi connectivity index (χ0v) is 12.7. The molecule has 102 valence electrons. The Balaban J connectivity index is 0.00000162. The summed E-state index contributed by atoms with van der Waals surface area (Å²) < 4.78 is 6.11. The lowest BCUT2D eigenvalue weighted by Gasteiger charge is -2.26. The molecule has 1 aromatic heterocycles. The van der Waals surface area contributed by atoms with Crippen LogP contribution in [0, 0.1) is 5.92 Å². The number of piperidine rings is 1. The number of halogens is 2. The van der Waals surface area contributed by atoms with Crippen molar-refractivity contribution in [2.45, 2.75) is 19.4 Å². The van der Waals surface area contributed by atoms with Crippen molar-refractivity contribution >= 4 is 34.2 Å². The third-order valence-corrected chi connectivity index (χ3v) is 3.51. The van der Waals surface area contributed by atoms with Gasteiger partial charge in [-0.25, -0.2) is 0 Å². The summed E-state index contributed by atoms with van der Waals surface area (Å²) in [5.74, 6) is 1.19. The second kappa shape index (κ2) is 7.16. The van der Waals surface area contributed by atoms with E-state index in [2.05, 4.69) is 21.2 Å². The van der Waals surface area contributed by atoms with E-state index in [4.69, 9.17) is 4.42 Å². The van der Waals surface area contributed by atoms with Crippen molar-refractivity contribution in [3.05, 3.63) is 22.6 Å². The van der Waals surface area contributed by atoms with Gasteiger partial charge in [0.1, 0.15) is 5.76 Å². The van der Waals surface area contributed by atoms with Crippen LogP contribution in [0.3, 0.4) is 0 Å². The highest BCUT2D eigenvalue weighted by atomic mass is 79.9. The van der Waals surface area contributed by atoms with Crippen LogP contribution in [0.5, 0.6) is 0 Å². The average molecular weight is 338 g/mol. The maximum absolute atomic E-state index is 12.2. The van der Waals surface area contributed by atoms with E-state index in [1.54, 1.807) is 4.90 Å². The first kappa shape index (κ1) is 15.5. The summed E-state index contributed by atoms with van der Waals surface area (Å²) in [4.78, 5) is 13.9. The minimum Gasteiger partial charge on any atom is -0.452 e. The van der Waals surface area contributed by atoms with Gasteiger partial charge in [-0.15, -0.1) is 12.4 Å². The number of nitrogens with one attached hydrogen (secondary N) is 1. The number of furan rings is 1. The number of rotatable bonds is 3. The number of amides is 1. The standard InChI is InChI=1S/C12H17BrN2O2.ClH/c1-15(8-10-2-3-11(13)17-10)12(16)9-4-6-14-7-5-9;/h2-3,9,14H,4-8H2,1H3;1H. The largest absolute Gasteiger partial charge is 0.452 e. The highest BCUT2D eigenvalue weighted by molar-refractivity contribution is 9.10. The van der Waals surface area contributed by atoms with Gasteiger partial charge in [-0.05, 0) is 54.0 Å². The summed E-state index contributed by atoms with van der Waals surface area (Å²) >= 11 is 3.26. The summed E-state index contributed by atoms with van der Waals surface area (Å²) in [5, 5.41) is 3.27. The lowest BCUT2D eigenvalue weighted by Crippen LogP contribution is -2.38. The van der Waals surface area contributed by atoms with Gasteiger partial charge in [0.25, 0.3) is 0 Å². The smallest absolute Gasteiger partial charge is 0.225 e. The number of hydrogen-bond donors (Lipinski definition) is 1. The van der Waals surface area contributed by atoms with Crippen LogP contribution in [0.4, 0.5) is 0 Å². The van der Waals surface area contributed by atoms with Crippen LogP contribution in [0.25, 0.3) is 0 Å². The van der Waals surface area contributed by atoms with E-state index in [-0.39, 0.29) is 24.2 Å². The average Bonchev–Trinajstić information content (AvgIpc) is 2.75. The van der Waals surface area contributed by atoms with Crippen molar-refractivity contribution in [1.82, 2.24) is 10.2 Å². The highest BCUT2D eigenvalue weighted by Gasteiger charge is 2.24. The Labute approximate surface area is 122 Å². The van der Waals surface area contributed by atoms with E-state index in [1.165, 1.54) is 0 Å². The Morgan fingerprint density at radius 3 is 2.72 bits per heavy atom. The van der Waals surface area contributed by atoms with Crippen LogP contribution in [0.2, 0.25) is 0 Å². The fourth-order valence-corrected chi connectivity index (χ4v) is 2.47. The van der Waals surface area contributed by atoms with Crippen molar-refractivity contribution in [1.29, 1.82) is 0 Å². The van der Waals surface area contributed by atoms with Crippen LogP contribution in [-0.2, 0) is 11.3 Å². The molecule has 0 saturated carbocycles. The molecule has 0 aliphatic carbocycles. The third-order valence-electron chi connectivity index (χ3n) is 3.09. The molecule has 0 bridgehead atoms. The Hall–Kier alpha value is -0.520. The molecule has 0 aromatic carbocycles. The molecular formula is C12H18BrClN2O2. The molecule has 2 heterocycles. The minimum atomic E-state index is 0. The van der Waals surface area contributed by atoms with Gasteiger partial charge in [-0.1, -0.05) is 0 Å². The number of carbonyl (C=O) groups excluding carboxylic acids is 1. The Bertz CT molecular complexity index is 391. The van der Waals surface area contributed by atoms with Gasteiger partial charge in [0.15, 0.2) is 4.67 Å². The molecular weight excluding hydrogens is 320 g/mol. The Morgan fingerprint density at radius 2 is 2.17 bits per heavy atom. The number of nitrogens with zero attached hydrogens (tertiary/aromatic N) is 1. The molecule has 0 unspecified atom stereocenters. The molecule has 2 rings (SSSR count). The molecule has 1 aliphatic rings. The van der Waals surface area contributed by atoms with Crippen molar-refractivity contribution in [2.75, 3.05) is 20.1 Å². The normalized spacial score (nSPS) is 16.1. The maximum Gasteiger partial charge on any atom is 0.225 e. The molecule has 0 radical (unpaired) electrons. The van der Waals surface area contributed by atoms with E-state index >= 15 is 0 Å². The highest BCUT2D eigenvalue weighted by Crippen LogP contribution is 2.18. The molecule has 4 nitrogen and oxygen atoms in total. The van der Waals surface area contributed by atoms with Gasteiger partial charge in [0.05, 0.1) is 6.54 Å². The zero-order chi connectivity index (χ0) is 12.3. The molecule has 1 aromatic rings. The molecule has 18 heavy (non-hydrogen) atoms. The maximum atomic E-state index is 12.2. The Kier molecular flexibility index (Phi) is 6.18. The van der Waals surface area contributed by atoms with E-state index in [0.717, 1.165) is 31.7 Å². The molecule has 0 atom stereocenters. The van der Waals surface area contributed by atoms with Crippen molar-refractivity contribution in [3.63, 3.8) is 0 Å². The first-order valence-electron chi connectivity index (χ1n) is 5.86. The number of carbonyl (C=O) groups is 1. The molecule has 1 fully saturated rings. The molecule has 1 N–H and O–H groups in total. The lowest BCUT2D eigenvalue weighted by molar-refractivity contribution is -0.135. The van der Waals surface area contributed by atoms with Crippen LogP contribution in [0.1, 0.15) is 18.6 Å². The summed E-state index contributed by atoms with van der Waals surface area (Å²) in [5.41, 5.74) is 0. The zero-order valence-electron chi connectivity index (χ0n) is 10.3. The van der Waals surface area contributed by atoms with Crippen LogP contribution in [-0.4, -0.2) is 30.9 Å². The molecule has 1 saturated heterocycles. The van der Waals surface area contributed by atoms with E-state index in [1.807, 2.05) is 19.2 Å². The van der Waals surface area contributed by atoms with Crippen molar-refractivity contribution < 1.29 is 9.21 Å². The lowest BCUT2D eigenvalue weighted by atomic mass is 9.97. The summed E-state index contributed by atoms with van der Waals surface area (Å²) in [6, 6.07) is 3.73. The number of hydrogen-bond acceptors (Lipinski definition) is 3. The first-order valence-corrected chi connectivity index (χ1v) is 6.66. The van der Waals surface area contributed by atoms with Gasteiger partial charge >= 0.3 is 0 Å². The minimum absolute atomic E-state index is 0. The van der Waals surface area contributed by atoms with Crippen LogP contribution < -0.4 is 5.32 Å². The fourth-order valence-electron chi connectivity index (χ4n) is 2.13. The fraction of sp³-hybridized carbons (Fsp3) is 0.583. The Morgan fingerprint density at radius 1 is 1.50 bits per heavy atom. The van der Waals surface area contributed by atoms with E-state index in [9.17, 15) is 4.79 Å². The van der Waals surface area contributed by atoms with Crippen molar-refractivity contribution in [3.8, 4) is 0 Å². The molecule has 0 spiro atoms. The first-order chi connectivity index (χ1) is 8.16. The van der Waals surface area contributed by atoms with Crippen molar-refractivity contribution in [2.24, 2.45) is 5.92 Å². The summed E-state index contributed by atoms with van der Waals surface area (Å²) in [7, 11) is 1.83. The van der Waals surface area contributed by atoms with E-state index < -0.39 is 0 Å².